The van der Waals surface area contributed by atoms with E-state index >= 15 is 0 Å². The molecule has 3 rings (SSSR count). The Labute approximate surface area is 201 Å². The van der Waals surface area contributed by atoms with Crippen molar-refractivity contribution in [1.82, 2.24) is 5.43 Å². The lowest BCUT2D eigenvalue weighted by molar-refractivity contribution is -0.384. The highest BCUT2D eigenvalue weighted by molar-refractivity contribution is 9.10. The Morgan fingerprint density at radius 3 is 2.61 bits per heavy atom. The van der Waals surface area contributed by atoms with E-state index in [0.717, 1.165) is 10.5 Å². The molecule has 0 saturated heterocycles. The molecule has 0 saturated carbocycles. The molecule has 0 aliphatic heterocycles. The number of hydrazone groups is 1. The van der Waals surface area contributed by atoms with Gasteiger partial charge < -0.3 is 10.1 Å². The highest BCUT2D eigenvalue weighted by atomic mass is 79.9. The van der Waals surface area contributed by atoms with Crippen LogP contribution in [0.1, 0.15) is 15.9 Å². The Balaban J connectivity index is 1.63. The van der Waals surface area contributed by atoms with Gasteiger partial charge in [0.1, 0.15) is 5.75 Å². The predicted molar refractivity (Wildman–Crippen MR) is 128 cm³/mol. The maximum atomic E-state index is 12.2. The summed E-state index contributed by atoms with van der Waals surface area (Å²) in [4.78, 5) is 34.7. The van der Waals surface area contributed by atoms with Crippen molar-refractivity contribution in [3.05, 3.63) is 97.5 Å². The smallest absolute Gasteiger partial charge is 0.271 e. The molecule has 0 fully saturated rings. The quantitative estimate of drug-likeness (QED) is 0.246. The molecular formula is C22H16BrClN4O5. The van der Waals surface area contributed by atoms with Crippen molar-refractivity contribution in [3.63, 3.8) is 0 Å². The van der Waals surface area contributed by atoms with Crippen molar-refractivity contribution < 1.29 is 19.2 Å². The molecule has 0 aliphatic rings. The molecule has 0 bridgehead atoms. The van der Waals surface area contributed by atoms with E-state index in [1.54, 1.807) is 42.5 Å². The zero-order valence-electron chi connectivity index (χ0n) is 16.8. The standard InChI is InChI=1S/C22H16BrClN4O5/c23-16-4-9-20(33-13-21(29)26-18-7-5-17(24)6-8-18)15(10-16)12-25-27-22(30)14-2-1-3-19(11-14)28(31)32/h1-12H,13H2,(H,26,29)(H,27,30)/b25-12+. The molecule has 2 N–H and O–H groups in total. The second-order valence-corrected chi connectivity index (χ2v) is 7.88. The first-order valence-electron chi connectivity index (χ1n) is 9.37. The number of hydrogen-bond acceptors (Lipinski definition) is 6. The summed E-state index contributed by atoms with van der Waals surface area (Å²) in [5, 5.41) is 18.0. The molecule has 3 aromatic rings. The number of amides is 2. The molecular weight excluding hydrogens is 516 g/mol. The van der Waals surface area contributed by atoms with Crippen LogP contribution >= 0.6 is 27.5 Å². The molecule has 0 aliphatic carbocycles. The molecule has 11 heteroatoms. The van der Waals surface area contributed by atoms with Gasteiger partial charge >= 0.3 is 0 Å². The average Bonchev–Trinajstić information content (AvgIpc) is 2.80. The van der Waals surface area contributed by atoms with E-state index in [-0.39, 0.29) is 23.8 Å². The largest absolute Gasteiger partial charge is 0.483 e. The minimum Gasteiger partial charge on any atom is -0.483 e. The lowest BCUT2D eigenvalue weighted by Crippen LogP contribution is -2.20. The molecule has 0 radical (unpaired) electrons. The van der Waals surface area contributed by atoms with Crippen molar-refractivity contribution in [3.8, 4) is 5.75 Å². The molecule has 168 valence electrons. The fraction of sp³-hybridized carbons (Fsp3) is 0.0455. The number of halogens is 2. The van der Waals surface area contributed by atoms with Crippen LogP contribution in [0, 0.1) is 10.1 Å². The lowest BCUT2D eigenvalue weighted by atomic mass is 10.2. The molecule has 0 unspecified atom stereocenters. The SMILES string of the molecule is O=C(COc1ccc(Br)cc1/C=N/NC(=O)c1cccc([N+](=O)[O-])c1)Nc1ccc(Cl)cc1. The normalized spacial score (nSPS) is 10.6. The third kappa shape index (κ3) is 7.13. The van der Waals surface area contributed by atoms with Crippen LogP contribution in [0.5, 0.6) is 5.75 Å². The number of carbonyl (C=O) groups excluding carboxylic acids is 2. The first-order valence-corrected chi connectivity index (χ1v) is 10.5. The number of anilines is 1. The third-order valence-corrected chi connectivity index (χ3v) is 4.89. The van der Waals surface area contributed by atoms with Crippen molar-refractivity contribution >= 4 is 56.9 Å². The number of benzene rings is 3. The summed E-state index contributed by atoms with van der Waals surface area (Å²) in [6, 6.07) is 17.0. The summed E-state index contributed by atoms with van der Waals surface area (Å²) in [7, 11) is 0. The van der Waals surface area contributed by atoms with E-state index in [9.17, 15) is 19.7 Å². The van der Waals surface area contributed by atoms with Gasteiger partial charge in [-0.15, -0.1) is 0 Å². The monoisotopic (exact) mass is 530 g/mol. The number of non-ortho nitro benzene ring substituents is 1. The predicted octanol–water partition coefficient (Wildman–Crippen LogP) is 4.79. The second kappa shape index (κ2) is 11.2. The van der Waals surface area contributed by atoms with Gasteiger partial charge in [-0.2, -0.15) is 5.10 Å². The van der Waals surface area contributed by atoms with Crippen LogP contribution in [0.15, 0.2) is 76.3 Å². The van der Waals surface area contributed by atoms with Crippen LogP contribution in [-0.2, 0) is 4.79 Å². The first-order chi connectivity index (χ1) is 15.8. The highest BCUT2D eigenvalue weighted by Gasteiger charge is 2.11. The van der Waals surface area contributed by atoms with Crippen molar-refractivity contribution in [1.29, 1.82) is 0 Å². The van der Waals surface area contributed by atoms with Gasteiger partial charge in [0.05, 0.1) is 11.1 Å². The van der Waals surface area contributed by atoms with Gasteiger partial charge in [-0.1, -0.05) is 33.6 Å². The van der Waals surface area contributed by atoms with E-state index in [2.05, 4.69) is 31.8 Å². The van der Waals surface area contributed by atoms with Crippen LogP contribution in [0.2, 0.25) is 5.02 Å². The molecule has 3 aromatic carbocycles. The molecule has 0 atom stereocenters. The van der Waals surface area contributed by atoms with E-state index in [1.165, 1.54) is 24.4 Å². The van der Waals surface area contributed by atoms with E-state index in [0.29, 0.717) is 22.0 Å². The maximum Gasteiger partial charge on any atom is 0.271 e. The van der Waals surface area contributed by atoms with Crippen molar-refractivity contribution in [2.75, 3.05) is 11.9 Å². The van der Waals surface area contributed by atoms with Crippen LogP contribution in [0.25, 0.3) is 0 Å². The van der Waals surface area contributed by atoms with Crippen molar-refractivity contribution in [2.45, 2.75) is 0 Å². The summed E-state index contributed by atoms with van der Waals surface area (Å²) in [5.74, 6) is -0.630. The van der Waals surface area contributed by atoms with Crippen LogP contribution in [0.4, 0.5) is 11.4 Å². The number of carbonyl (C=O) groups is 2. The van der Waals surface area contributed by atoms with Gasteiger partial charge in [0.15, 0.2) is 6.61 Å². The average molecular weight is 532 g/mol. The number of nitrogens with zero attached hydrogens (tertiary/aromatic N) is 2. The van der Waals surface area contributed by atoms with Crippen molar-refractivity contribution in [2.24, 2.45) is 5.10 Å². The number of hydrogen-bond donors (Lipinski definition) is 2. The first kappa shape index (κ1) is 23.9. The van der Waals surface area contributed by atoms with E-state index < -0.39 is 10.8 Å². The number of nitro groups is 1. The van der Waals surface area contributed by atoms with Gasteiger partial charge in [0.25, 0.3) is 17.5 Å². The highest BCUT2D eigenvalue weighted by Crippen LogP contribution is 2.22. The van der Waals surface area contributed by atoms with Gasteiger partial charge in [0.2, 0.25) is 0 Å². The van der Waals surface area contributed by atoms with Gasteiger partial charge in [-0.25, -0.2) is 5.43 Å². The maximum absolute atomic E-state index is 12.2. The van der Waals surface area contributed by atoms with Crippen LogP contribution in [0.3, 0.4) is 0 Å². The van der Waals surface area contributed by atoms with Gasteiger partial charge in [-0.05, 0) is 48.5 Å². The fourth-order valence-electron chi connectivity index (χ4n) is 2.61. The molecule has 33 heavy (non-hydrogen) atoms. The molecule has 0 heterocycles. The topological polar surface area (TPSA) is 123 Å². The molecule has 0 aromatic heterocycles. The number of nitrogens with one attached hydrogen (secondary N) is 2. The number of ether oxygens (including phenoxy) is 1. The zero-order valence-corrected chi connectivity index (χ0v) is 19.2. The molecule has 0 spiro atoms. The summed E-state index contributed by atoms with van der Waals surface area (Å²) < 4.78 is 6.32. The Morgan fingerprint density at radius 2 is 1.88 bits per heavy atom. The number of nitro benzene ring substituents is 1. The third-order valence-electron chi connectivity index (χ3n) is 4.15. The molecule has 2 amide bonds. The minimum atomic E-state index is -0.616. The zero-order chi connectivity index (χ0) is 23.8. The number of rotatable bonds is 8. The fourth-order valence-corrected chi connectivity index (χ4v) is 3.12. The Kier molecular flexibility index (Phi) is 8.11. The summed E-state index contributed by atoms with van der Waals surface area (Å²) in [6.45, 7) is -0.259. The van der Waals surface area contributed by atoms with Crippen LogP contribution < -0.4 is 15.5 Å². The Hall–Kier alpha value is -3.76. The summed E-state index contributed by atoms with van der Waals surface area (Å²) >= 11 is 9.18. The second-order valence-electron chi connectivity index (χ2n) is 6.53. The van der Waals surface area contributed by atoms with Crippen LogP contribution in [-0.4, -0.2) is 29.6 Å². The lowest BCUT2D eigenvalue weighted by Gasteiger charge is -2.10. The van der Waals surface area contributed by atoms with Gasteiger partial charge in [-0.3, -0.25) is 19.7 Å². The molecule has 9 nitrogen and oxygen atoms in total. The minimum absolute atomic E-state index is 0.0888. The Morgan fingerprint density at radius 1 is 1.12 bits per heavy atom. The van der Waals surface area contributed by atoms with E-state index in [4.69, 9.17) is 16.3 Å². The van der Waals surface area contributed by atoms with E-state index in [1.807, 2.05) is 0 Å². The summed E-state index contributed by atoms with van der Waals surface area (Å²) in [6.07, 6.45) is 1.34. The summed E-state index contributed by atoms with van der Waals surface area (Å²) in [5.41, 5.74) is 3.26. The Bertz CT molecular complexity index is 1220. The van der Waals surface area contributed by atoms with Gasteiger partial charge in [0, 0.05) is 38.4 Å².